The molecular weight excluding hydrogens is 521 g/mol. The molecule has 0 fully saturated rings. The van der Waals surface area contributed by atoms with Crippen LogP contribution in [-0.2, 0) is 26.2 Å². The van der Waals surface area contributed by atoms with Crippen LogP contribution >= 0.6 is 23.2 Å². The van der Waals surface area contributed by atoms with Gasteiger partial charge in [0, 0.05) is 28.7 Å². The van der Waals surface area contributed by atoms with Crippen molar-refractivity contribution >= 4 is 50.7 Å². The molecule has 2 rings (SSSR count). The number of benzene rings is 2. The largest absolute Gasteiger partial charge is 0.354 e. The SMILES string of the molecule is CCCCNC(=O)[C@@H](CC)N(Cc1c(Cl)cccc1Cl)C(=O)CN(c1ccc(C)cc1C)S(C)(=O)=O. The second kappa shape index (κ2) is 13.3. The van der Waals surface area contributed by atoms with Crippen LogP contribution in [-0.4, -0.2) is 50.5 Å². The molecule has 0 bridgehead atoms. The molecule has 0 aromatic heterocycles. The van der Waals surface area contributed by atoms with E-state index < -0.39 is 28.5 Å². The van der Waals surface area contributed by atoms with E-state index in [1.165, 1.54) is 4.90 Å². The first-order chi connectivity index (χ1) is 16.9. The van der Waals surface area contributed by atoms with Crippen LogP contribution in [0.1, 0.15) is 49.8 Å². The highest BCUT2D eigenvalue weighted by molar-refractivity contribution is 7.92. The fourth-order valence-electron chi connectivity index (χ4n) is 3.96. The fraction of sp³-hybridized carbons (Fsp3) is 0.462. The molecule has 10 heteroatoms. The highest BCUT2D eigenvalue weighted by Gasteiger charge is 2.32. The number of nitrogens with zero attached hydrogens (tertiary/aromatic N) is 2. The maximum absolute atomic E-state index is 13.8. The third-order valence-corrected chi connectivity index (χ3v) is 7.74. The summed E-state index contributed by atoms with van der Waals surface area (Å²) in [7, 11) is -3.81. The topological polar surface area (TPSA) is 86.8 Å². The Hall–Kier alpha value is -2.29. The summed E-state index contributed by atoms with van der Waals surface area (Å²) >= 11 is 12.8. The van der Waals surface area contributed by atoms with E-state index in [0.29, 0.717) is 34.3 Å². The summed E-state index contributed by atoms with van der Waals surface area (Å²) in [4.78, 5) is 28.2. The van der Waals surface area contributed by atoms with Crippen LogP contribution in [0.25, 0.3) is 0 Å². The van der Waals surface area contributed by atoms with E-state index >= 15 is 0 Å². The van der Waals surface area contributed by atoms with E-state index in [2.05, 4.69) is 5.32 Å². The number of carbonyl (C=O) groups is 2. The van der Waals surface area contributed by atoms with E-state index in [1.54, 1.807) is 44.2 Å². The van der Waals surface area contributed by atoms with E-state index in [-0.39, 0.29) is 12.5 Å². The summed E-state index contributed by atoms with van der Waals surface area (Å²) in [5, 5.41) is 3.60. The average Bonchev–Trinajstić information content (AvgIpc) is 2.79. The van der Waals surface area contributed by atoms with E-state index in [0.717, 1.165) is 34.5 Å². The summed E-state index contributed by atoms with van der Waals surface area (Å²) in [6, 6.07) is 9.52. The van der Waals surface area contributed by atoms with Crippen molar-refractivity contribution in [1.29, 1.82) is 0 Å². The molecular formula is C26H35Cl2N3O4S. The molecule has 1 atom stereocenters. The minimum absolute atomic E-state index is 0.0402. The van der Waals surface area contributed by atoms with Crippen molar-refractivity contribution in [2.24, 2.45) is 0 Å². The maximum atomic E-state index is 13.8. The third kappa shape index (κ3) is 7.85. The van der Waals surface area contributed by atoms with Crippen molar-refractivity contribution in [3.05, 3.63) is 63.1 Å². The van der Waals surface area contributed by atoms with Crippen LogP contribution in [0.3, 0.4) is 0 Å². The highest BCUT2D eigenvalue weighted by Crippen LogP contribution is 2.28. The molecule has 0 aliphatic carbocycles. The normalized spacial score (nSPS) is 12.2. The lowest BCUT2D eigenvalue weighted by molar-refractivity contribution is -0.140. The molecule has 0 aliphatic heterocycles. The molecule has 2 aromatic carbocycles. The zero-order chi connectivity index (χ0) is 27.0. The summed E-state index contributed by atoms with van der Waals surface area (Å²) in [6.07, 6.45) is 3.10. The summed E-state index contributed by atoms with van der Waals surface area (Å²) < 4.78 is 26.6. The highest BCUT2D eigenvalue weighted by atomic mass is 35.5. The number of amides is 2. The molecule has 0 aliphatic rings. The number of hydrogen-bond donors (Lipinski definition) is 1. The van der Waals surface area contributed by atoms with Crippen molar-refractivity contribution < 1.29 is 18.0 Å². The van der Waals surface area contributed by atoms with Gasteiger partial charge in [0.05, 0.1) is 11.9 Å². The lowest BCUT2D eigenvalue weighted by Crippen LogP contribution is -2.52. The molecule has 0 heterocycles. The van der Waals surface area contributed by atoms with Gasteiger partial charge in [-0.05, 0) is 50.5 Å². The number of anilines is 1. The lowest BCUT2D eigenvalue weighted by Gasteiger charge is -2.33. The maximum Gasteiger partial charge on any atom is 0.244 e. The summed E-state index contributed by atoms with van der Waals surface area (Å²) in [5.41, 5.74) is 2.60. The Bertz CT molecular complexity index is 1170. The van der Waals surface area contributed by atoms with Gasteiger partial charge in [-0.3, -0.25) is 13.9 Å². The first-order valence-electron chi connectivity index (χ1n) is 12.0. The number of halogens is 2. The molecule has 2 aromatic rings. The first-order valence-corrected chi connectivity index (χ1v) is 14.6. The quantitative estimate of drug-likeness (QED) is 0.369. The molecule has 0 saturated heterocycles. The Kier molecular flexibility index (Phi) is 11.1. The van der Waals surface area contributed by atoms with Crippen molar-refractivity contribution in [2.75, 3.05) is 23.7 Å². The van der Waals surface area contributed by atoms with E-state index in [1.807, 2.05) is 19.9 Å². The Balaban J connectivity index is 2.50. The Morgan fingerprint density at radius 1 is 1.06 bits per heavy atom. The van der Waals surface area contributed by atoms with Gasteiger partial charge in [-0.2, -0.15) is 0 Å². The van der Waals surface area contributed by atoms with Crippen molar-refractivity contribution in [3.8, 4) is 0 Å². The molecule has 0 spiro atoms. The van der Waals surface area contributed by atoms with Gasteiger partial charge in [0.15, 0.2) is 0 Å². The minimum atomic E-state index is -3.81. The van der Waals surface area contributed by atoms with Gasteiger partial charge >= 0.3 is 0 Å². The van der Waals surface area contributed by atoms with Crippen LogP contribution in [0.2, 0.25) is 10.0 Å². The number of nitrogens with one attached hydrogen (secondary N) is 1. The number of rotatable bonds is 12. The predicted octanol–water partition coefficient (Wildman–Crippen LogP) is 5.10. The second-order valence-electron chi connectivity index (χ2n) is 8.85. The zero-order valence-corrected chi connectivity index (χ0v) is 23.8. The number of unbranched alkanes of at least 4 members (excludes halogenated alkanes) is 1. The predicted molar refractivity (Wildman–Crippen MR) is 147 cm³/mol. The van der Waals surface area contributed by atoms with Crippen molar-refractivity contribution in [2.45, 2.75) is 59.5 Å². The Morgan fingerprint density at radius 3 is 2.22 bits per heavy atom. The van der Waals surface area contributed by atoms with Crippen LogP contribution in [0.4, 0.5) is 5.69 Å². The first kappa shape index (κ1) is 29.9. The average molecular weight is 557 g/mol. The molecule has 0 saturated carbocycles. The number of aryl methyl sites for hydroxylation is 2. The number of carbonyl (C=O) groups excluding carboxylic acids is 2. The molecule has 0 unspecified atom stereocenters. The monoisotopic (exact) mass is 555 g/mol. The zero-order valence-electron chi connectivity index (χ0n) is 21.5. The fourth-order valence-corrected chi connectivity index (χ4v) is 5.38. The van der Waals surface area contributed by atoms with E-state index in [4.69, 9.17) is 23.2 Å². The molecule has 7 nitrogen and oxygen atoms in total. The second-order valence-corrected chi connectivity index (χ2v) is 11.6. The van der Waals surface area contributed by atoms with Crippen LogP contribution in [0.15, 0.2) is 36.4 Å². The standard InChI is InChI=1S/C26H35Cl2N3O4S/c1-6-8-14-29-26(33)23(7-2)30(16-20-21(27)10-9-11-22(20)28)25(32)17-31(36(5,34)35)24-13-12-18(3)15-19(24)4/h9-13,15,23H,6-8,14,16-17H2,1-5H3,(H,29,33)/t23-/m1/s1. The molecule has 198 valence electrons. The lowest BCUT2D eigenvalue weighted by atomic mass is 10.1. The third-order valence-electron chi connectivity index (χ3n) is 5.91. The molecule has 1 N–H and O–H groups in total. The van der Waals surface area contributed by atoms with Gasteiger partial charge in [-0.25, -0.2) is 8.42 Å². The van der Waals surface area contributed by atoms with Gasteiger partial charge in [0.1, 0.15) is 12.6 Å². The summed E-state index contributed by atoms with van der Waals surface area (Å²) in [6.45, 7) is 7.50. The van der Waals surface area contributed by atoms with E-state index in [9.17, 15) is 18.0 Å². The van der Waals surface area contributed by atoms with Gasteiger partial charge < -0.3 is 10.2 Å². The number of sulfonamides is 1. The molecule has 2 amide bonds. The van der Waals surface area contributed by atoms with Crippen LogP contribution in [0.5, 0.6) is 0 Å². The van der Waals surface area contributed by atoms with Gasteiger partial charge in [0.2, 0.25) is 21.8 Å². The van der Waals surface area contributed by atoms with Crippen molar-refractivity contribution in [3.63, 3.8) is 0 Å². The summed E-state index contributed by atoms with van der Waals surface area (Å²) in [5.74, 6) is -0.839. The van der Waals surface area contributed by atoms with Gasteiger partial charge in [-0.1, -0.05) is 67.2 Å². The molecule has 0 radical (unpaired) electrons. The smallest absolute Gasteiger partial charge is 0.244 e. The van der Waals surface area contributed by atoms with Crippen LogP contribution < -0.4 is 9.62 Å². The number of hydrogen-bond acceptors (Lipinski definition) is 4. The molecule has 36 heavy (non-hydrogen) atoms. The van der Waals surface area contributed by atoms with Crippen LogP contribution in [0, 0.1) is 13.8 Å². The Morgan fingerprint density at radius 2 is 1.69 bits per heavy atom. The Labute approximate surface area is 224 Å². The van der Waals surface area contributed by atoms with Gasteiger partial charge in [0.25, 0.3) is 0 Å². The minimum Gasteiger partial charge on any atom is -0.354 e. The van der Waals surface area contributed by atoms with Gasteiger partial charge in [-0.15, -0.1) is 0 Å². The van der Waals surface area contributed by atoms with Crippen molar-refractivity contribution in [1.82, 2.24) is 10.2 Å².